The molecule has 0 aliphatic carbocycles. The average Bonchev–Trinajstić information content (AvgIpc) is 2.49. The predicted molar refractivity (Wildman–Crippen MR) is 89.8 cm³/mol. The fourth-order valence-electron chi connectivity index (χ4n) is 1.73. The summed E-state index contributed by atoms with van der Waals surface area (Å²) in [7, 11) is 1.59. The van der Waals surface area contributed by atoms with Gasteiger partial charge in [0.15, 0.2) is 0 Å². The molecule has 0 bridgehead atoms. The molecule has 0 saturated heterocycles. The molecule has 3 nitrogen and oxygen atoms in total. The number of nitrogens with one attached hydrogen (secondary N) is 1. The molecule has 108 valence electrons. The van der Waals surface area contributed by atoms with Crippen molar-refractivity contribution in [3.8, 4) is 5.75 Å². The van der Waals surface area contributed by atoms with Crippen molar-refractivity contribution >= 4 is 45.2 Å². The smallest absolute Gasteiger partial charge is 0.248 e. The fraction of sp³-hybridized carbons (Fsp3) is 0.0625. The highest BCUT2D eigenvalue weighted by atomic mass is 79.9. The summed E-state index contributed by atoms with van der Waals surface area (Å²) in [6.45, 7) is 0. The van der Waals surface area contributed by atoms with E-state index in [1.807, 2.05) is 24.3 Å². The van der Waals surface area contributed by atoms with Gasteiger partial charge in [-0.1, -0.05) is 29.8 Å². The summed E-state index contributed by atoms with van der Waals surface area (Å²) in [6, 6.07) is 12.7. The van der Waals surface area contributed by atoms with Gasteiger partial charge in [0.25, 0.3) is 0 Å². The lowest BCUT2D eigenvalue weighted by molar-refractivity contribution is -0.111. The number of carbonyl (C=O) groups is 1. The van der Waals surface area contributed by atoms with Gasteiger partial charge < -0.3 is 10.1 Å². The minimum atomic E-state index is -0.237. The highest BCUT2D eigenvalue weighted by Crippen LogP contribution is 2.25. The van der Waals surface area contributed by atoms with Crippen molar-refractivity contribution in [2.24, 2.45) is 0 Å². The highest BCUT2D eigenvalue weighted by Gasteiger charge is 2.02. The summed E-state index contributed by atoms with van der Waals surface area (Å²) in [5.74, 6) is 0.479. The van der Waals surface area contributed by atoms with Crippen molar-refractivity contribution in [2.75, 3.05) is 12.4 Å². The zero-order valence-electron chi connectivity index (χ0n) is 11.3. The Hall–Kier alpha value is -1.78. The van der Waals surface area contributed by atoms with E-state index in [0.29, 0.717) is 16.5 Å². The van der Waals surface area contributed by atoms with Gasteiger partial charge in [-0.2, -0.15) is 0 Å². The Labute approximate surface area is 136 Å². The summed E-state index contributed by atoms with van der Waals surface area (Å²) in [4.78, 5) is 11.9. The first-order valence-electron chi connectivity index (χ1n) is 6.17. The molecule has 1 N–H and O–H groups in total. The maximum Gasteiger partial charge on any atom is 0.248 e. The molecule has 0 fully saturated rings. The van der Waals surface area contributed by atoms with E-state index in [1.165, 1.54) is 6.08 Å². The van der Waals surface area contributed by atoms with Crippen molar-refractivity contribution < 1.29 is 9.53 Å². The van der Waals surface area contributed by atoms with E-state index in [1.54, 1.807) is 31.4 Å². The third-order valence-electron chi connectivity index (χ3n) is 2.74. The molecule has 0 aliphatic rings. The molecule has 0 spiro atoms. The number of amides is 1. The lowest BCUT2D eigenvalue weighted by atomic mass is 10.2. The van der Waals surface area contributed by atoms with Crippen LogP contribution in [0.2, 0.25) is 5.02 Å². The van der Waals surface area contributed by atoms with Crippen LogP contribution >= 0.6 is 27.5 Å². The molecule has 2 aromatic carbocycles. The number of carbonyl (C=O) groups excluding carboxylic acids is 1. The number of rotatable bonds is 4. The van der Waals surface area contributed by atoms with Crippen LogP contribution in [0.25, 0.3) is 6.08 Å². The minimum absolute atomic E-state index is 0.237. The van der Waals surface area contributed by atoms with Crippen LogP contribution in [0.5, 0.6) is 5.75 Å². The van der Waals surface area contributed by atoms with Gasteiger partial charge >= 0.3 is 0 Å². The standard InChI is InChI=1S/C16H13BrClNO2/c1-21-15-5-3-2-4-11(15)6-9-16(20)19-12-7-8-13(17)14(18)10-12/h2-10H,1H3,(H,19,20)/b9-6+. The van der Waals surface area contributed by atoms with E-state index in [0.717, 1.165) is 10.0 Å². The predicted octanol–water partition coefficient (Wildman–Crippen LogP) is 4.76. The third-order valence-corrected chi connectivity index (χ3v) is 3.97. The van der Waals surface area contributed by atoms with Gasteiger partial charge in [-0.05, 0) is 46.3 Å². The quantitative estimate of drug-likeness (QED) is 0.792. The van der Waals surface area contributed by atoms with Crippen LogP contribution in [-0.2, 0) is 4.79 Å². The molecule has 0 aliphatic heterocycles. The second kappa shape index (κ2) is 7.29. The molecule has 1 amide bonds. The van der Waals surface area contributed by atoms with Crippen molar-refractivity contribution in [2.45, 2.75) is 0 Å². The van der Waals surface area contributed by atoms with E-state index in [4.69, 9.17) is 16.3 Å². The zero-order chi connectivity index (χ0) is 15.2. The molecule has 0 unspecified atom stereocenters. The maximum atomic E-state index is 11.9. The first-order chi connectivity index (χ1) is 10.1. The van der Waals surface area contributed by atoms with Crippen LogP contribution in [0.4, 0.5) is 5.69 Å². The number of hydrogen-bond acceptors (Lipinski definition) is 2. The number of benzene rings is 2. The lowest BCUT2D eigenvalue weighted by Crippen LogP contribution is -2.07. The SMILES string of the molecule is COc1ccccc1/C=C/C(=O)Nc1ccc(Br)c(Cl)c1. The summed E-state index contributed by atoms with van der Waals surface area (Å²) < 4.78 is 6.00. The molecule has 2 rings (SSSR count). The first-order valence-corrected chi connectivity index (χ1v) is 7.34. The van der Waals surface area contributed by atoms with E-state index >= 15 is 0 Å². The van der Waals surface area contributed by atoms with E-state index in [2.05, 4.69) is 21.2 Å². The van der Waals surface area contributed by atoms with Crippen LogP contribution < -0.4 is 10.1 Å². The topological polar surface area (TPSA) is 38.3 Å². The molecule has 0 radical (unpaired) electrons. The molecule has 0 heterocycles. The maximum absolute atomic E-state index is 11.9. The van der Waals surface area contributed by atoms with Gasteiger partial charge in [-0.25, -0.2) is 0 Å². The number of para-hydroxylation sites is 1. The van der Waals surface area contributed by atoms with E-state index < -0.39 is 0 Å². The molecule has 21 heavy (non-hydrogen) atoms. The number of hydrogen-bond donors (Lipinski definition) is 1. The second-order valence-corrected chi connectivity index (χ2v) is 5.45. The Kier molecular flexibility index (Phi) is 5.42. The van der Waals surface area contributed by atoms with Crippen molar-refractivity contribution in [1.82, 2.24) is 0 Å². The van der Waals surface area contributed by atoms with Gasteiger partial charge in [-0.3, -0.25) is 4.79 Å². The Morgan fingerprint density at radius 2 is 2.05 bits per heavy atom. The summed E-state index contributed by atoms with van der Waals surface area (Å²) in [5, 5.41) is 3.29. The highest BCUT2D eigenvalue weighted by molar-refractivity contribution is 9.10. The molecule has 0 saturated carbocycles. The molecule has 2 aromatic rings. The summed E-state index contributed by atoms with van der Waals surface area (Å²) in [5.41, 5.74) is 1.47. The fourth-order valence-corrected chi connectivity index (χ4v) is 2.15. The largest absolute Gasteiger partial charge is 0.496 e. The molecule has 5 heteroatoms. The van der Waals surface area contributed by atoms with Gasteiger partial charge in [0.05, 0.1) is 12.1 Å². The average molecular weight is 367 g/mol. The Bertz CT molecular complexity index is 686. The molecular formula is C16H13BrClNO2. The van der Waals surface area contributed by atoms with Crippen LogP contribution in [-0.4, -0.2) is 13.0 Å². The Balaban J connectivity index is 2.07. The van der Waals surface area contributed by atoms with Crippen molar-refractivity contribution in [3.63, 3.8) is 0 Å². The normalized spacial score (nSPS) is 10.6. The van der Waals surface area contributed by atoms with Crippen LogP contribution in [0, 0.1) is 0 Å². The number of anilines is 1. The minimum Gasteiger partial charge on any atom is -0.496 e. The monoisotopic (exact) mass is 365 g/mol. The third kappa shape index (κ3) is 4.34. The van der Waals surface area contributed by atoms with E-state index in [-0.39, 0.29) is 5.91 Å². The summed E-state index contributed by atoms with van der Waals surface area (Å²) >= 11 is 9.28. The zero-order valence-corrected chi connectivity index (χ0v) is 13.6. The molecule has 0 aromatic heterocycles. The Morgan fingerprint density at radius 1 is 1.29 bits per heavy atom. The second-order valence-electron chi connectivity index (χ2n) is 4.19. The summed E-state index contributed by atoms with van der Waals surface area (Å²) in [6.07, 6.45) is 3.16. The van der Waals surface area contributed by atoms with Gasteiger partial charge in [0.1, 0.15) is 5.75 Å². The number of ether oxygens (including phenoxy) is 1. The van der Waals surface area contributed by atoms with Crippen LogP contribution in [0.15, 0.2) is 53.0 Å². The van der Waals surface area contributed by atoms with Gasteiger partial charge in [0.2, 0.25) is 5.91 Å². The number of methoxy groups -OCH3 is 1. The van der Waals surface area contributed by atoms with Crippen LogP contribution in [0.1, 0.15) is 5.56 Å². The van der Waals surface area contributed by atoms with Gasteiger partial charge in [-0.15, -0.1) is 0 Å². The molecular weight excluding hydrogens is 354 g/mol. The van der Waals surface area contributed by atoms with Crippen LogP contribution in [0.3, 0.4) is 0 Å². The van der Waals surface area contributed by atoms with Gasteiger partial charge in [0, 0.05) is 21.8 Å². The first kappa shape index (κ1) is 15.6. The van der Waals surface area contributed by atoms with E-state index in [9.17, 15) is 4.79 Å². The molecule has 0 atom stereocenters. The van der Waals surface area contributed by atoms with Crippen molar-refractivity contribution in [3.05, 3.63) is 63.6 Å². The number of halogens is 2. The van der Waals surface area contributed by atoms with Crippen molar-refractivity contribution in [1.29, 1.82) is 0 Å². The Morgan fingerprint density at radius 3 is 2.76 bits per heavy atom. The lowest BCUT2D eigenvalue weighted by Gasteiger charge is -2.05.